The van der Waals surface area contributed by atoms with Crippen molar-refractivity contribution >= 4 is 23.7 Å². The molecule has 0 aromatic heterocycles. The van der Waals surface area contributed by atoms with Crippen LogP contribution in [-0.4, -0.2) is 85.7 Å². The molecule has 16 heavy (non-hydrogen) atoms. The molecule has 0 radical (unpaired) electrons. The van der Waals surface area contributed by atoms with E-state index in [0.717, 1.165) is 0 Å². The van der Waals surface area contributed by atoms with Crippen LogP contribution in [0.5, 0.6) is 0 Å². The maximum absolute atomic E-state index is 9.31. The van der Waals surface area contributed by atoms with Gasteiger partial charge in [0.15, 0.2) is 0 Å². The van der Waals surface area contributed by atoms with Gasteiger partial charge >= 0.3 is 23.7 Å². The Bertz CT molecular complexity index is 138. The molecule has 0 aliphatic rings. The predicted octanol–water partition coefficient (Wildman–Crippen LogP) is -1.12. The van der Waals surface area contributed by atoms with Gasteiger partial charge in [-0.15, -0.1) is 0 Å². The van der Waals surface area contributed by atoms with E-state index in [1.165, 1.54) is 0 Å². The Morgan fingerprint density at radius 3 is 1.75 bits per heavy atom. The van der Waals surface area contributed by atoms with Gasteiger partial charge in [0.1, 0.15) is 0 Å². The first kappa shape index (κ1) is 18.9. The fraction of sp³-hybridized carbons (Fsp3) is 1.00. The third kappa shape index (κ3) is 17.0. The van der Waals surface area contributed by atoms with Gasteiger partial charge in [0, 0.05) is 0 Å². The molecule has 0 rings (SSSR count). The maximum atomic E-state index is 9.31. The minimum atomic E-state index is -0.787. The fourth-order valence-electron chi connectivity index (χ4n) is 0.826. The molecule has 0 aromatic carbocycles. The second kappa shape index (κ2) is 12.1. The van der Waals surface area contributed by atoms with Gasteiger partial charge in [-0.25, -0.2) is 0 Å². The first-order valence-electron chi connectivity index (χ1n) is 5.13. The standard InChI is InChI=1S/C10H22O5.H2Te/c1-10(2,12)9-15-8-7-14-6-5-13-4-3-11;/h11-12H,3-9H2,1-2H3;1H2. The van der Waals surface area contributed by atoms with Crippen LogP contribution in [0.4, 0.5) is 0 Å². The van der Waals surface area contributed by atoms with E-state index in [9.17, 15) is 5.11 Å². The SMILES string of the molecule is CC(C)(O)COCCOCCOCCO.[TeH2]. The van der Waals surface area contributed by atoms with Gasteiger partial charge in [0.25, 0.3) is 0 Å². The Labute approximate surface area is 114 Å². The van der Waals surface area contributed by atoms with E-state index in [1.807, 2.05) is 0 Å². The van der Waals surface area contributed by atoms with Crippen LogP contribution >= 0.6 is 0 Å². The monoisotopic (exact) mass is 354 g/mol. The molecule has 0 aliphatic heterocycles. The number of rotatable bonds is 10. The van der Waals surface area contributed by atoms with E-state index in [1.54, 1.807) is 13.8 Å². The summed E-state index contributed by atoms with van der Waals surface area (Å²) in [4.78, 5) is 0. The molecule has 0 fully saturated rings. The number of aliphatic hydroxyl groups excluding tert-OH is 1. The van der Waals surface area contributed by atoms with Crippen LogP contribution in [0.2, 0.25) is 0 Å². The van der Waals surface area contributed by atoms with Gasteiger partial charge in [0.2, 0.25) is 0 Å². The van der Waals surface area contributed by atoms with Gasteiger partial charge in [-0.1, -0.05) is 0 Å². The molecule has 0 heterocycles. The van der Waals surface area contributed by atoms with Crippen molar-refractivity contribution in [3.05, 3.63) is 0 Å². The van der Waals surface area contributed by atoms with Crippen molar-refractivity contribution in [1.82, 2.24) is 0 Å². The second-order valence-corrected chi connectivity index (χ2v) is 3.81. The first-order chi connectivity index (χ1) is 7.06. The number of aliphatic hydroxyl groups is 2. The average molecular weight is 352 g/mol. The summed E-state index contributed by atoms with van der Waals surface area (Å²) in [5, 5.41) is 17.7. The van der Waals surface area contributed by atoms with Crippen molar-refractivity contribution in [1.29, 1.82) is 0 Å². The third-order valence-electron chi connectivity index (χ3n) is 1.43. The van der Waals surface area contributed by atoms with Crippen LogP contribution in [-0.2, 0) is 14.2 Å². The van der Waals surface area contributed by atoms with Gasteiger partial charge in [0.05, 0.1) is 51.8 Å². The topological polar surface area (TPSA) is 68.2 Å². The summed E-state index contributed by atoms with van der Waals surface area (Å²) in [6, 6.07) is 0. The van der Waals surface area contributed by atoms with E-state index in [0.29, 0.717) is 39.6 Å². The van der Waals surface area contributed by atoms with Crippen molar-refractivity contribution in [3.63, 3.8) is 0 Å². The Morgan fingerprint density at radius 2 is 1.31 bits per heavy atom. The average Bonchev–Trinajstić information content (AvgIpc) is 2.14. The Hall–Kier alpha value is 0.590. The fourth-order valence-corrected chi connectivity index (χ4v) is 0.826. The molecular formula is C10H24O5Te. The zero-order valence-corrected chi connectivity index (χ0v) is 12.9. The molecule has 0 bridgehead atoms. The summed E-state index contributed by atoms with van der Waals surface area (Å²) in [5.41, 5.74) is -0.787. The number of hydrogen-bond donors (Lipinski definition) is 2. The third-order valence-corrected chi connectivity index (χ3v) is 1.43. The molecule has 0 saturated heterocycles. The van der Waals surface area contributed by atoms with Crippen molar-refractivity contribution in [3.8, 4) is 0 Å². The molecule has 0 amide bonds. The van der Waals surface area contributed by atoms with Gasteiger partial charge in [-0.2, -0.15) is 0 Å². The van der Waals surface area contributed by atoms with Gasteiger partial charge < -0.3 is 24.4 Å². The van der Waals surface area contributed by atoms with Crippen LogP contribution in [0.15, 0.2) is 0 Å². The molecule has 0 spiro atoms. The molecule has 0 saturated carbocycles. The molecule has 100 valence electrons. The zero-order chi connectivity index (χ0) is 11.6. The summed E-state index contributed by atoms with van der Waals surface area (Å²) in [6.45, 7) is 5.98. The van der Waals surface area contributed by atoms with Crippen LogP contribution < -0.4 is 0 Å². The summed E-state index contributed by atoms with van der Waals surface area (Å²) < 4.78 is 15.3. The first-order valence-corrected chi connectivity index (χ1v) is 5.13. The Morgan fingerprint density at radius 1 is 0.875 bits per heavy atom. The second-order valence-electron chi connectivity index (χ2n) is 3.81. The molecule has 2 N–H and O–H groups in total. The predicted molar refractivity (Wildman–Crippen MR) is 64.4 cm³/mol. The summed E-state index contributed by atoms with van der Waals surface area (Å²) in [6.07, 6.45) is 0. The van der Waals surface area contributed by atoms with E-state index in [-0.39, 0.29) is 30.3 Å². The molecule has 0 aliphatic carbocycles. The molecule has 6 heteroatoms. The summed E-state index contributed by atoms with van der Waals surface area (Å²) in [7, 11) is 0. The van der Waals surface area contributed by atoms with Crippen molar-refractivity contribution < 1.29 is 24.4 Å². The normalized spacial score (nSPS) is 11.2. The molecular weight excluding hydrogens is 328 g/mol. The number of ether oxygens (including phenoxy) is 3. The van der Waals surface area contributed by atoms with E-state index in [2.05, 4.69) is 0 Å². The van der Waals surface area contributed by atoms with E-state index in [4.69, 9.17) is 19.3 Å². The van der Waals surface area contributed by atoms with E-state index >= 15 is 0 Å². The van der Waals surface area contributed by atoms with Crippen molar-refractivity contribution in [2.75, 3.05) is 46.2 Å². The summed E-state index contributed by atoms with van der Waals surface area (Å²) >= 11 is 0. The van der Waals surface area contributed by atoms with Crippen molar-refractivity contribution in [2.45, 2.75) is 19.4 Å². The van der Waals surface area contributed by atoms with Crippen molar-refractivity contribution in [2.24, 2.45) is 0 Å². The van der Waals surface area contributed by atoms with Crippen LogP contribution in [0.1, 0.15) is 13.8 Å². The van der Waals surface area contributed by atoms with Crippen LogP contribution in [0.25, 0.3) is 0 Å². The zero-order valence-electron chi connectivity index (χ0n) is 10.1. The molecule has 5 nitrogen and oxygen atoms in total. The Balaban J connectivity index is 0. The Kier molecular flexibility index (Phi) is 14.3. The van der Waals surface area contributed by atoms with E-state index < -0.39 is 5.60 Å². The molecule has 0 unspecified atom stereocenters. The minimum absolute atomic E-state index is 0. The van der Waals surface area contributed by atoms with Gasteiger partial charge in [-0.3, -0.25) is 0 Å². The van der Waals surface area contributed by atoms with Crippen LogP contribution in [0, 0.1) is 0 Å². The quantitative estimate of drug-likeness (QED) is 0.385. The molecule has 0 atom stereocenters. The van der Waals surface area contributed by atoms with Gasteiger partial charge in [-0.05, 0) is 13.8 Å². The molecule has 0 aromatic rings. The van der Waals surface area contributed by atoms with Crippen LogP contribution in [0.3, 0.4) is 0 Å². The number of hydrogen-bond acceptors (Lipinski definition) is 5. The summed E-state index contributed by atoms with van der Waals surface area (Å²) in [5.74, 6) is 0.